The third-order valence-corrected chi connectivity index (χ3v) is 8.42. The van der Waals surface area contributed by atoms with Gasteiger partial charge in [-0.1, -0.05) is 72.3 Å². The quantitative estimate of drug-likeness (QED) is 0.157. The molecule has 8 heteroatoms. The molecule has 0 N–H and O–H groups in total. The van der Waals surface area contributed by atoms with E-state index >= 15 is 0 Å². The van der Waals surface area contributed by atoms with Crippen molar-refractivity contribution in [1.29, 1.82) is 0 Å². The standard InChI is InChI=1S/C35H38ClNO5S/c1-35(2,41-34-13-6-7-22-40-34)31-12-5-4-10-26(31)17-21-33(42-43(3,38)39)28-11-8-9-25(23-28)14-19-30-20-16-27-15-18-29(36)24-32(27)37-30/h4-5,8-12,14-16,18-20,23-24,33-34H,6-7,13,17,21-22H2,1-3H3/b19-14+/t33-,34?/m0/s1. The molecule has 1 aromatic heterocycles. The molecule has 1 saturated heterocycles. The molecule has 0 spiro atoms. The smallest absolute Gasteiger partial charge is 0.264 e. The van der Waals surface area contributed by atoms with Gasteiger partial charge in [-0.3, -0.25) is 4.18 Å². The van der Waals surface area contributed by atoms with Crippen molar-refractivity contribution in [2.24, 2.45) is 0 Å². The Bertz CT molecular complexity index is 1700. The normalized spacial score (nSPS) is 17.0. The molecule has 2 heterocycles. The molecule has 0 saturated carbocycles. The van der Waals surface area contributed by atoms with Crippen molar-refractivity contribution in [2.75, 3.05) is 12.9 Å². The highest BCUT2D eigenvalue weighted by molar-refractivity contribution is 7.86. The number of ether oxygens (including phenoxy) is 2. The van der Waals surface area contributed by atoms with Crippen molar-refractivity contribution in [3.63, 3.8) is 0 Å². The fraction of sp³-hybridized carbons (Fsp3) is 0.343. The molecule has 2 atom stereocenters. The highest BCUT2D eigenvalue weighted by atomic mass is 35.5. The zero-order valence-corrected chi connectivity index (χ0v) is 26.4. The number of nitrogens with zero attached hydrogens (tertiary/aromatic N) is 1. The molecule has 6 nitrogen and oxygen atoms in total. The maximum Gasteiger partial charge on any atom is 0.264 e. The lowest BCUT2D eigenvalue weighted by Crippen LogP contribution is -2.33. The summed E-state index contributed by atoms with van der Waals surface area (Å²) in [5, 5.41) is 1.66. The summed E-state index contributed by atoms with van der Waals surface area (Å²) in [6.45, 7) is 4.83. The summed E-state index contributed by atoms with van der Waals surface area (Å²) in [7, 11) is -3.71. The van der Waals surface area contributed by atoms with Crippen LogP contribution in [0.3, 0.4) is 0 Å². The van der Waals surface area contributed by atoms with Gasteiger partial charge in [-0.25, -0.2) is 4.98 Å². The van der Waals surface area contributed by atoms with Gasteiger partial charge in [0.25, 0.3) is 10.1 Å². The Balaban J connectivity index is 1.35. The molecule has 4 aromatic rings. The molecule has 0 amide bonds. The van der Waals surface area contributed by atoms with Crippen molar-refractivity contribution in [3.05, 3.63) is 112 Å². The monoisotopic (exact) mass is 619 g/mol. The largest absolute Gasteiger partial charge is 0.353 e. The van der Waals surface area contributed by atoms with Crippen LogP contribution in [0.5, 0.6) is 0 Å². The van der Waals surface area contributed by atoms with E-state index in [1.165, 1.54) is 0 Å². The van der Waals surface area contributed by atoms with Gasteiger partial charge < -0.3 is 9.47 Å². The number of hydrogen-bond donors (Lipinski definition) is 0. The van der Waals surface area contributed by atoms with Gasteiger partial charge >= 0.3 is 0 Å². The van der Waals surface area contributed by atoms with E-state index in [1.54, 1.807) is 0 Å². The maximum atomic E-state index is 12.3. The van der Waals surface area contributed by atoms with Crippen molar-refractivity contribution in [3.8, 4) is 0 Å². The van der Waals surface area contributed by atoms with Crippen molar-refractivity contribution < 1.29 is 22.1 Å². The van der Waals surface area contributed by atoms with E-state index in [1.807, 2.05) is 78.9 Å². The first-order valence-electron chi connectivity index (χ1n) is 14.7. The number of fused-ring (bicyclic) bond motifs is 1. The van der Waals surface area contributed by atoms with Gasteiger partial charge in [0.1, 0.15) is 6.10 Å². The van der Waals surface area contributed by atoms with Gasteiger partial charge in [-0.15, -0.1) is 0 Å². The minimum Gasteiger partial charge on any atom is -0.353 e. The van der Waals surface area contributed by atoms with E-state index in [-0.39, 0.29) is 6.29 Å². The molecule has 0 aliphatic carbocycles. The fourth-order valence-electron chi connectivity index (χ4n) is 5.53. The number of pyridine rings is 1. The molecule has 1 unspecified atom stereocenters. The summed E-state index contributed by atoms with van der Waals surface area (Å²) in [6, 6.07) is 25.5. The van der Waals surface area contributed by atoms with Crippen molar-refractivity contribution in [2.45, 2.75) is 63.9 Å². The van der Waals surface area contributed by atoms with E-state index in [0.29, 0.717) is 17.9 Å². The van der Waals surface area contributed by atoms with Crippen molar-refractivity contribution >= 4 is 44.8 Å². The van der Waals surface area contributed by atoms with Crippen molar-refractivity contribution in [1.82, 2.24) is 4.98 Å². The molecule has 0 bridgehead atoms. The highest BCUT2D eigenvalue weighted by Gasteiger charge is 2.30. The summed E-state index contributed by atoms with van der Waals surface area (Å²) in [5.41, 5.74) is 4.89. The van der Waals surface area contributed by atoms with E-state index in [2.05, 4.69) is 26.0 Å². The van der Waals surface area contributed by atoms with Crippen LogP contribution in [0.15, 0.2) is 78.9 Å². The topological polar surface area (TPSA) is 74.7 Å². The number of hydrogen-bond acceptors (Lipinski definition) is 6. The maximum absolute atomic E-state index is 12.3. The SMILES string of the molecule is CC(C)(OC1CCCCO1)c1ccccc1CC[C@H](OS(C)(=O)=O)c1cccc(/C=C/c2ccc3ccc(Cl)cc3n2)c1. The molecule has 0 radical (unpaired) electrons. The van der Waals surface area contributed by atoms with E-state index in [4.69, 9.17) is 30.2 Å². The Morgan fingerprint density at radius 2 is 1.84 bits per heavy atom. The molecular weight excluding hydrogens is 582 g/mol. The predicted molar refractivity (Wildman–Crippen MR) is 173 cm³/mol. The van der Waals surface area contributed by atoms with Crippen LogP contribution in [-0.2, 0) is 35.8 Å². The highest BCUT2D eigenvalue weighted by Crippen LogP contribution is 2.34. The van der Waals surface area contributed by atoms with Gasteiger partial charge in [0.15, 0.2) is 6.29 Å². The van der Waals surface area contributed by atoms with Crippen LogP contribution in [0.25, 0.3) is 23.1 Å². The second-order valence-electron chi connectivity index (χ2n) is 11.5. The van der Waals surface area contributed by atoms with Crippen LogP contribution in [0.2, 0.25) is 5.02 Å². The number of halogens is 1. The molecule has 226 valence electrons. The van der Waals surface area contributed by atoms with E-state index in [0.717, 1.165) is 71.0 Å². The molecule has 43 heavy (non-hydrogen) atoms. The number of rotatable bonds is 11. The van der Waals surface area contributed by atoms with E-state index < -0.39 is 21.8 Å². The van der Waals surface area contributed by atoms with Crippen LogP contribution >= 0.6 is 11.6 Å². The second kappa shape index (κ2) is 13.7. The first-order valence-corrected chi connectivity index (χ1v) is 16.9. The lowest BCUT2D eigenvalue weighted by Gasteiger charge is -2.34. The second-order valence-corrected chi connectivity index (χ2v) is 13.5. The Morgan fingerprint density at radius 1 is 1.02 bits per heavy atom. The summed E-state index contributed by atoms with van der Waals surface area (Å²) in [6.07, 6.45) is 8.23. The summed E-state index contributed by atoms with van der Waals surface area (Å²) in [5.74, 6) is 0. The van der Waals surface area contributed by atoms with Gasteiger partial charge in [0.2, 0.25) is 0 Å². The average Bonchev–Trinajstić information content (AvgIpc) is 2.98. The number of aryl methyl sites for hydroxylation is 1. The van der Waals surface area contributed by atoms with Gasteiger partial charge in [0.05, 0.1) is 23.1 Å². The Morgan fingerprint density at radius 3 is 2.63 bits per heavy atom. The summed E-state index contributed by atoms with van der Waals surface area (Å²) in [4.78, 5) is 4.69. The fourth-order valence-corrected chi connectivity index (χ4v) is 6.33. The molecule has 5 rings (SSSR count). The third kappa shape index (κ3) is 8.74. The lowest BCUT2D eigenvalue weighted by molar-refractivity contribution is -0.219. The molecule has 1 aliphatic rings. The van der Waals surface area contributed by atoms with Gasteiger partial charge in [0, 0.05) is 17.0 Å². The minimum absolute atomic E-state index is 0.225. The summed E-state index contributed by atoms with van der Waals surface area (Å²) < 4.78 is 42.5. The first kappa shape index (κ1) is 31.4. The van der Waals surface area contributed by atoms with Crippen LogP contribution in [0, 0.1) is 0 Å². The Kier molecular flexibility index (Phi) is 9.99. The van der Waals surface area contributed by atoms with Crippen LogP contribution < -0.4 is 0 Å². The lowest BCUT2D eigenvalue weighted by atomic mass is 9.89. The number of aromatic nitrogens is 1. The first-order chi connectivity index (χ1) is 20.6. The molecular formula is C35H38ClNO5S. The summed E-state index contributed by atoms with van der Waals surface area (Å²) >= 11 is 6.15. The zero-order valence-electron chi connectivity index (χ0n) is 24.8. The Hall–Kier alpha value is -3.07. The molecule has 1 fully saturated rings. The zero-order chi connectivity index (χ0) is 30.5. The average molecular weight is 620 g/mol. The van der Waals surface area contributed by atoms with Crippen LogP contribution in [-0.4, -0.2) is 32.6 Å². The van der Waals surface area contributed by atoms with E-state index in [9.17, 15) is 8.42 Å². The minimum atomic E-state index is -3.71. The van der Waals surface area contributed by atoms with Gasteiger partial charge in [-0.05, 0) is 98.5 Å². The molecule has 3 aromatic carbocycles. The predicted octanol–water partition coefficient (Wildman–Crippen LogP) is 8.49. The third-order valence-electron chi connectivity index (χ3n) is 7.60. The van der Waals surface area contributed by atoms with Gasteiger partial charge in [-0.2, -0.15) is 8.42 Å². The van der Waals surface area contributed by atoms with Crippen LogP contribution in [0.1, 0.15) is 73.6 Å². The number of benzene rings is 3. The van der Waals surface area contributed by atoms with Crippen LogP contribution in [0.4, 0.5) is 0 Å². The Labute approximate surface area is 259 Å². The molecule has 1 aliphatic heterocycles.